The predicted octanol–water partition coefficient (Wildman–Crippen LogP) is 1.93. The highest BCUT2D eigenvalue weighted by Gasteiger charge is 2.32. The summed E-state index contributed by atoms with van der Waals surface area (Å²) in [5.74, 6) is 1.33. The summed E-state index contributed by atoms with van der Waals surface area (Å²) in [5.41, 5.74) is 1.02. The summed E-state index contributed by atoms with van der Waals surface area (Å²) in [6.45, 7) is 0. The molecular formula is C14H21N5O. The molecule has 1 aliphatic carbocycles. The SMILES string of the molecule is CNC1(Cc2nc(-c3cnn(C)c3)no2)CCCCC1. The van der Waals surface area contributed by atoms with E-state index in [9.17, 15) is 0 Å². The number of hydrogen-bond donors (Lipinski definition) is 1. The molecule has 0 bridgehead atoms. The normalized spacial score (nSPS) is 18.3. The molecule has 1 aliphatic rings. The van der Waals surface area contributed by atoms with Gasteiger partial charge in [-0.3, -0.25) is 4.68 Å². The molecule has 1 N–H and O–H groups in total. The van der Waals surface area contributed by atoms with Gasteiger partial charge in [0.15, 0.2) is 0 Å². The molecule has 0 unspecified atom stereocenters. The van der Waals surface area contributed by atoms with E-state index in [1.807, 2.05) is 20.3 Å². The number of likely N-dealkylation sites (N-methyl/N-ethyl adjacent to an activating group) is 1. The van der Waals surface area contributed by atoms with Gasteiger partial charge in [0.2, 0.25) is 11.7 Å². The third-order valence-electron chi connectivity index (χ3n) is 4.26. The van der Waals surface area contributed by atoms with Crippen LogP contribution in [0.3, 0.4) is 0 Å². The van der Waals surface area contributed by atoms with E-state index in [0.717, 1.165) is 12.0 Å². The van der Waals surface area contributed by atoms with E-state index in [4.69, 9.17) is 4.52 Å². The van der Waals surface area contributed by atoms with E-state index < -0.39 is 0 Å². The minimum absolute atomic E-state index is 0.122. The third-order valence-corrected chi connectivity index (χ3v) is 4.26. The molecule has 2 heterocycles. The number of nitrogens with one attached hydrogen (secondary N) is 1. The molecule has 0 amide bonds. The molecule has 1 saturated carbocycles. The second-order valence-electron chi connectivity index (χ2n) is 5.68. The van der Waals surface area contributed by atoms with Gasteiger partial charge in [-0.25, -0.2) is 0 Å². The molecule has 2 aromatic heterocycles. The van der Waals surface area contributed by atoms with Crippen molar-refractivity contribution < 1.29 is 4.52 Å². The van der Waals surface area contributed by atoms with E-state index in [1.165, 1.54) is 32.1 Å². The molecule has 20 heavy (non-hydrogen) atoms. The van der Waals surface area contributed by atoms with Crippen molar-refractivity contribution in [1.82, 2.24) is 25.2 Å². The Bertz CT molecular complexity index is 568. The van der Waals surface area contributed by atoms with Gasteiger partial charge in [-0.1, -0.05) is 24.4 Å². The van der Waals surface area contributed by atoms with Crippen LogP contribution in [-0.4, -0.2) is 32.5 Å². The van der Waals surface area contributed by atoms with Crippen LogP contribution >= 0.6 is 0 Å². The summed E-state index contributed by atoms with van der Waals surface area (Å²) in [7, 11) is 3.91. The van der Waals surface area contributed by atoms with Crippen molar-refractivity contribution in [2.45, 2.75) is 44.1 Å². The molecule has 2 aromatic rings. The Labute approximate surface area is 118 Å². The van der Waals surface area contributed by atoms with Gasteiger partial charge < -0.3 is 9.84 Å². The molecule has 0 aromatic carbocycles. The monoisotopic (exact) mass is 275 g/mol. The predicted molar refractivity (Wildman–Crippen MR) is 75.1 cm³/mol. The summed E-state index contributed by atoms with van der Waals surface area (Å²) >= 11 is 0. The molecule has 0 radical (unpaired) electrons. The Morgan fingerprint density at radius 2 is 2.15 bits per heavy atom. The summed E-state index contributed by atoms with van der Waals surface area (Å²) in [4.78, 5) is 4.51. The van der Waals surface area contributed by atoms with Crippen LogP contribution in [0.25, 0.3) is 11.4 Å². The second kappa shape index (κ2) is 5.36. The maximum Gasteiger partial charge on any atom is 0.228 e. The Balaban J connectivity index is 1.76. The average Bonchev–Trinajstić information content (AvgIpc) is 3.09. The van der Waals surface area contributed by atoms with Crippen LogP contribution in [-0.2, 0) is 13.5 Å². The van der Waals surface area contributed by atoms with Crippen LogP contribution in [0, 0.1) is 0 Å². The summed E-state index contributed by atoms with van der Waals surface area (Å²) in [6, 6.07) is 0. The first kappa shape index (κ1) is 13.3. The van der Waals surface area contributed by atoms with Gasteiger partial charge in [0.1, 0.15) is 0 Å². The lowest BCUT2D eigenvalue weighted by molar-refractivity contribution is 0.221. The van der Waals surface area contributed by atoms with Crippen molar-refractivity contribution in [2.24, 2.45) is 7.05 Å². The van der Waals surface area contributed by atoms with Crippen LogP contribution < -0.4 is 5.32 Å². The molecule has 0 saturated heterocycles. The van der Waals surface area contributed by atoms with Gasteiger partial charge in [0.25, 0.3) is 0 Å². The summed E-state index contributed by atoms with van der Waals surface area (Å²) in [6.07, 6.45) is 10.7. The fourth-order valence-corrected chi connectivity index (χ4v) is 3.01. The highest BCUT2D eigenvalue weighted by atomic mass is 16.5. The molecule has 6 nitrogen and oxygen atoms in total. The van der Waals surface area contributed by atoms with Crippen molar-refractivity contribution in [3.63, 3.8) is 0 Å². The average molecular weight is 275 g/mol. The molecule has 0 aliphatic heterocycles. The van der Waals surface area contributed by atoms with Gasteiger partial charge in [-0.15, -0.1) is 0 Å². The maximum absolute atomic E-state index is 5.42. The van der Waals surface area contributed by atoms with Gasteiger partial charge in [-0.2, -0.15) is 10.1 Å². The van der Waals surface area contributed by atoms with Crippen LogP contribution in [0.5, 0.6) is 0 Å². The third kappa shape index (κ3) is 2.60. The standard InChI is InChI=1S/C14H21N5O/c1-15-14(6-4-3-5-7-14)8-12-17-13(18-20-12)11-9-16-19(2)10-11/h9-10,15H,3-8H2,1-2H3. The van der Waals surface area contributed by atoms with E-state index in [1.54, 1.807) is 10.9 Å². The number of rotatable bonds is 4. The van der Waals surface area contributed by atoms with Gasteiger partial charge in [-0.05, 0) is 19.9 Å². The first-order valence-corrected chi connectivity index (χ1v) is 7.21. The number of aromatic nitrogens is 4. The summed E-state index contributed by atoms with van der Waals surface area (Å²) in [5, 5.41) is 11.7. The van der Waals surface area contributed by atoms with E-state index in [0.29, 0.717) is 11.7 Å². The molecular weight excluding hydrogens is 254 g/mol. The molecule has 6 heteroatoms. The number of hydrogen-bond acceptors (Lipinski definition) is 5. The van der Waals surface area contributed by atoms with Crippen LogP contribution in [0.2, 0.25) is 0 Å². The van der Waals surface area contributed by atoms with Crippen molar-refractivity contribution >= 4 is 0 Å². The van der Waals surface area contributed by atoms with E-state index in [-0.39, 0.29) is 5.54 Å². The molecule has 0 spiro atoms. The smallest absolute Gasteiger partial charge is 0.228 e. The number of nitrogens with zero attached hydrogens (tertiary/aromatic N) is 4. The molecule has 3 rings (SSSR count). The topological polar surface area (TPSA) is 68.8 Å². The van der Waals surface area contributed by atoms with Crippen molar-refractivity contribution in [3.05, 3.63) is 18.3 Å². The minimum Gasteiger partial charge on any atom is -0.339 e. The highest BCUT2D eigenvalue weighted by molar-refractivity contribution is 5.50. The van der Waals surface area contributed by atoms with Crippen molar-refractivity contribution in [2.75, 3.05) is 7.05 Å². The lowest BCUT2D eigenvalue weighted by atomic mass is 9.79. The highest BCUT2D eigenvalue weighted by Crippen LogP contribution is 2.31. The van der Waals surface area contributed by atoms with Crippen LogP contribution in [0.15, 0.2) is 16.9 Å². The molecule has 0 atom stereocenters. The van der Waals surface area contributed by atoms with E-state index >= 15 is 0 Å². The first-order valence-electron chi connectivity index (χ1n) is 7.21. The van der Waals surface area contributed by atoms with E-state index in [2.05, 4.69) is 20.6 Å². The first-order chi connectivity index (χ1) is 9.71. The van der Waals surface area contributed by atoms with Crippen molar-refractivity contribution in [3.8, 4) is 11.4 Å². The van der Waals surface area contributed by atoms with Gasteiger partial charge in [0, 0.05) is 25.2 Å². The Hall–Kier alpha value is -1.69. The van der Waals surface area contributed by atoms with Crippen LogP contribution in [0.4, 0.5) is 0 Å². The minimum atomic E-state index is 0.122. The Morgan fingerprint density at radius 3 is 2.80 bits per heavy atom. The fraction of sp³-hybridized carbons (Fsp3) is 0.643. The lowest BCUT2D eigenvalue weighted by Crippen LogP contribution is -2.46. The zero-order valence-corrected chi connectivity index (χ0v) is 12.1. The summed E-state index contributed by atoms with van der Waals surface area (Å²) < 4.78 is 7.16. The fourth-order valence-electron chi connectivity index (χ4n) is 3.01. The van der Waals surface area contributed by atoms with Gasteiger partial charge in [0.05, 0.1) is 11.8 Å². The molecule has 1 fully saturated rings. The second-order valence-corrected chi connectivity index (χ2v) is 5.68. The Morgan fingerprint density at radius 1 is 1.35 bits per heavy atom. The van der Waals surface area contributed by atoms with Gasteiger partial charge >= 0.3 is 0 Å². The number of aryl methyl sites for hydroxylation is 1. The van der Waals surface area contributed by atoms with Crippen molar-refractivity contribution in [1.29, 1.82) is 0 Å². The quantitative estimate of drug-likeness (QED) is 0.923. The Kier molecular flexibility index (Phi) is 3.56. The maximum atomic E-state index is 5.42. The zero-order chi connectivity index (χ0) is 14.0. The zero-order valence-electron chi connectivity index (χ0n) is 12.1. The lowest BCUT2D eigenvalue weighted by Gasteiger charge is -2.36. The largest absolute Gasteiger partial charge is 0.339 e. The molecule has 108 valence electrons. The van der Waals surface area contributed by atoms with Crippen LogP contribution in [0.1, 0.15) is 38.0 Å².